The highest BCUT2D eigenvalue weighted by Crippen LogP contribution is 1.51. The fourth-order valence-electron chi connectivity index (χ4n) is 0.208. The third kappa shape index (κ3) is 4.92. The quantitative estimate of drug-likeness (QED) is 0.278. The molecule has 0 aromatic carbocycles. The predicted octanol–water partition coefficient (Wildman–Crippen LogP) is -0.849. The van der Waals surface area contributed by atoms with Crippen molar-refractivity contribution in [2.75, 3.05) is 6.54 Å². The summed E-state index contributed by atoms with van der Waals surface area (Å²) >= 11 is 0. The van der Waals surface area contributed by atoms with Gasteiger partial charge in [-0.2, -0.15) is 5.26 Å². The minimum Gasteiger partial charge on any atom is -0.291 e. The third-order valence-electron chi connectivity index (χ3n) is 0.432. The third-order valence-corrected chi connectivity index (χ3v) is 0.432. The van der Waals surface area contributed by atoms with Gasteiger partial charge in [0, 0.05) is 6.92 Å². The van der Waals surface area contributed by atoms with Gasteiger partial charge in [-0.25, -0.2) is 5.43 Å². The van der Waals surface area contributed by atoms with Crippen molar-refractivity contribution in [3.05, 3.63) is 0 Å². The molecule has 0 rings (SSSR count). The number of amides is 1. The molecule has 0 saturated carbocycles. The lowest BCUT2D eigenvalue weighted by Crippen LogP contribution is -2.35. The lowest BCUT2D eigenvalue weighted by Gasteiger charge is -1.95. The average Bonchev–Trinajstić information content (AvgIpc) is 1.66. The zero-order valence-electron chi connectivity index (χ0n) is 4.56. The highest BCUT2D eigenvalue weighted by Gasteiger charge is 1.83. The molecule has 0 radical (unpaired) electrons. The van der Waals surface area contributed by atoms with Gasteiger partial charge in [-0.1, -0.05) is 0 Å². The van der Waals surface area contributed by atoms with Crippen molar-refractivity contribution >= 4 is 5.91 Å². The van der Waals surface area contributed by atoms with Gasteiger partial charge in [-0.3, -0.25) is 10.2 Å². The molecular weight excluding hydrogens is 106 g/mol. The highest BCUT2D eigenvalue weighted by molar-refractivity contribution is 5.72. The second-order valence-electron chi connectivity index (χ2n) is 1.19. The van der Waals surface area contributed by atoms with Crippen molar-refractivity contribution in [3.8, 4) is 6.07 Å². The normalized spacial score (nSPS) is 7.50. The van der Waals surface area contributed by atoms with Crippen LogP contribution < -0.4 is 10.9 Å². The van der Waals surface area contributed by atoms with Crippen LogP contribution in [0.3, 0.4) is 0 Å². The Balaban J connectivity index is 2.97. The van der Waals surface area contributed by atoms with Crippen molar-refractivity contribution in [1.82, 2.24) is 10.9 Å². The SMILES string of the molecule is CC(=O)NNCC#N. The van der Waals surface area contributed by atoms with E-state index >= 15 is 0 Å². The van der Waals surface area contributed by atoms with Gasteiger partial charge in [0.2, 0.25) is 5.91 Å². The van der Waals surface area contributed by atoms with Crippen molar-refractivity contribution in [2.24, 2.45) is 0 Å². The molecule has 0 aliphatic carbocycles. The van der Waals surface area contributed by atoms with Gasteiger partial charge in [0.1, 0.15) is 6.54 Å². The summed E-state index contributed by atoms with van der Waals surface area (Å²) in [5, 5.41) is 7.92. The molecule has 0 aliphatic heterocycles. The number of hydrazine groups is 1. The van der Waals surface area contributed by atoms with Gasteiger partial charge in [0.05, 0.1) is 6.07 Å². The first kappa shape index (κ1) is 6.92. The van der Waals surface area contributed by atoms with Crippen molar-refractivity contribution < 1.29 is 4.79 Å². The maximum absolute atomic E-state index is 10.0. The average molecular weight is 113 g/mol. The van der Waals surface area contributed by atoms with Crippen LogP contribution in [0.15, 0.2) is 0 Å². The van der Waals surface area contributed by atoms with Crippen LogP contribution in [0.5, 0.6) is 0 Å². The first-order valence-electron chi connectivity index (χ1n) is 2.13. The lowest BCUT2D eigenvalue weighted by atomic mass is 10.7. The summed E-state index contributed by atoms with van der Waals surface area (Å²) < 4.78 is 0. The minimum absolute atomic E-state index is 0.138. The van der Waals surface area contributed by atoms with Crippen molar-refractivity contribution in [3.63, 3.8) is 0 Å². The Morgan fingerprint density at radius 3 is 2.88 bits per heavy atom. The Labute approximate surface area is 47.5 Å². The summed E-state index contributed by atoms with van der Waals surface area (Å²) in [5.74, 6) is -0.194. The van der Waals surface area contributed by atoms with E-state index in [0.717, 1.165) is 0 Å². The molecule has 0 fully saturated rings. The van der Waals surface area contributed by atoms with Gasteiger partial charge in [0.25, 0.3) is 0 Å². The van der Waals surface area contributed by atoms with Gasteiger partial charge in [0.15, 0.2) is 0 Å². The smallest absolute Gasteiger partial charge is 0.230 e. The number of nitriles is 1. The number of hydrogen-bond acceptors (Lipinski definition) is 3. The molecule has 0 aromatic rings. The van der Waals surface area contributed by atoms with E-state index in [4.69, 9.17) is 5.26 Å². The maximum atomic E-state index is 10.0. The number of carbonyl (C=O) groups excluding carboxylic acids is 1. The van der Waals surface area contributed by atoms with Crippen LogP contribution in [0.4, 0.5) is 0 Å². The van der Waals surface area contributed by atoms with E-state index in [9.17, 15) is 4.79 Å². The van der Waals surface area contributed by atoms with Crippen LogP contribution in [0.25, 0.3) is 0 Å². The van der Waals surface area contributed by atoms with Gasteiger partial charge >= 0.3 is 0 Å². The maximum Gasteiger partial charge on any atom is 0.230 e. The Morgan fingerprint density at radius 1 is 1.88 bits per heavy atom. The molecule has 0 aromatic heterocycles. The predicted molar refractivity (Wildman–Crippen MR) is 27.4 cm³/mol. The van der Waals surface area contributed by atoms with E-state index in [1.54, 1.807) is 6.07 Å². The molecule has 0 atom stereocenters. The molecular formula is C4H7N3O. The van der Waals surface area contributed by atoms with E-state index in [1.807, 2.05) is 0 Å². The van der Waals surface area contributed by atoms with Gasteiger partial charge < -0.3 is 0 Å². The van der Waals surface area contributed by atoms with E-state index in [1.165, 1.54) is 6.92 Å². The molecule has 0 unspecified atom stereocenters. The Kier molecular flexibility index (Phi) is 3.54. The van der Waals surface area contributed by atoms with Gasteiger partial charge in [-0.15, -0.1) is 0 Å². The molecule has 0 saturated heterocycles. The summed E-state index contributed by atoms with van der Waals surface area (Å²) in [6.07, 6.45) is 0. The second kappa shape index (κ2) is 4.09. The molecule has 8 heavy (non-hydrogen) atoms. The molecule has 4 heteroatoms. The number of carbonyl (C=O) groups is 1. The molecule has 0 heterocycles. The molecule has 4 nitrogen and oxygen atoms in total. The van der Waals surface area contributed by atoms with Crippen LogP contribution in [-0.2, 0) is 4.79 Å². The topological polar surface area (TPSA) is 64.9 Å². The molecule has 0 bridgehead atoms. The van der Waals surface area contributed by atoms with E-state index < -0.39 is 0 Å². The fourth-order valence-corrected chi connectivity index (χ4v) is 0.208. The Morgan fingerprint density at radius 2 is 2.50 bits per heavy atom. The summed E-state index contributed by atoms with van der Waals surface area (Å²) in [7, 11) is 0. The van der Waals surface area contributed by atoms with Crippen molar-refractivity contribution in [1.29, 1.82) is 5.26 Å². The van der Waals surface area contributed by atoms with Crippen LogP contribution in [-0.4, -0.2) is 12.5 Å². The largest absolute Gasteiger partial charge is 0.291 e. The Bertz CT molecular complexity index is 115. The second-order valence-corrected chi connectivity index (χ2v) is 1.19. The summed E-state index contributed by atoms with van der Waals surface area (Å²) in [5.41, 5.74) is 4.61. The zero-order valence-corrected chi connectivity index (χ0v) is 4.56. The molecule has 0 spiro atoms. The lowest BCUT2D eigenvalue weighted by molar-refractivity contribution is -0.119. The molecule has 0 aliphatic rings. The number of rotatable bonds is 2. The number of nitrogens with one attached hydrogen (secondary N) is 2. The Hall–Kier alpha value is -1.08. The number of nitrogens with zero attached hydrogens (tertiary/aromatic N) is 1. The van der Waals surface area contributed by atoms with Crippen LogP contribution in [0.2, 0.25) is 0 Å². The first-order chi connectivity index (χ1) is 3.77. The van der Waals surface area contributed by atoms with E-state index in [0.29, 0.717) is 0 Å². The fraction of sp³-hybridized carbons (Fsp3) is 0.500. The molecule has 2 N–H and O–H groups in total. The first-order valence-corrected chi connectivity index (χ1v) is 2.13. The molecule has 1 amide bonds. The summed E-state index contributed by atoms with van der Waals surface area (Å²) in [6.45, 7) is 1.50. The summed E-state index contributed by atoms with van der Waals surface area (Å²) in [6, 6.07) is 1.80. The standard InChI is InChI=1S/C4H7N3O/c1-4(8)7-6-3-2-5/h6H,3H2,1H3,(H,7,8). The summed E-state index contributed by atoms with van der Waals surface area (Å²) in [4.78, 5) is 10.0. The van der Waals surface area contributed by atoms with Crippen LogP contribution >= 0.6 is 0 Å². The van der Waals surface area contributed by atoms with E-state index in [2.05, 4.69) is 10.9 Å². The highest BCUT2D eigenvalue weighted by atomic mass is 16.2. The zero-order chi connectivity index (χ0) is 6.41. The monoisotopic (exact) mass is 113 g/mol. The van der Waals surface area contributed by atoms with E-state index in [-0.39, 0.29) is 12.5 Å². The van der Waals surface area contributed by atoms with Gasteiger partial charge in [-0.05, 0) is 0 Å². The van der Waals surface area contributed by atoms with Crippen LogP contribution in [0, 0.1) is 11.3 Å². The molecule has 44 valence electrons. The van der Waals surface area contributed by atoms with Crippen LogP contribution in [0.1, 0.15) is 6.92 Å². The minimum atomic E-state index is -0.194. The van der Waals surface area contributed by atoms with Crippen molar-refractivity contribution in [2.45, 2.75) is 6.92 Å². The number of hydrogen-bond donors (Lipinski definition) is 2.